The molecule has 0 amide bonds. The lowest BCUT2D eigenvalue weighted by Crippen LogP contribution is -2.29. The molecule has 1 N–H and O–H groups in total. The van der Waals surface area contributed by atoms with Gasteiger partial charge < -0.3 is 5.11 Å². The molecule has 4 heteroatoms. The van der Waals surface area contributed by atoms with E-state index < -0.39 is 0 Å². The lowest BCUT2D eigenvalue weighted by Gasteiger charge is -2.24. The van der Waals surface area contributed by atoms with Crippen LogP contribution in [0.15, 0.2) is 18.2 Å². The summed E-state index contributed by atoms with van der Waals surface area (Å²) in [5.74, 6) is 0. The van der Waals surface area contributed by atoms with Crippen molar-refractivity contribution in [3.63, 3.8) is 0 Å². The van der Waals surface area contributed by atoms with Crippen LogP contribution in [0, 0.1) is 0 Å². The van der Waals surface area contributed by atoms with Crippen LogP contribution < -0.4 is 0 Å². The highest BCUT2D eigenvalue weighted by Gasteiger charge is 2.24. The minimum absolute atomic E-state index is 0.284. The molecule has 1 unspecified atom stereocenters. The van der Waals surface area contributed by atoms with E-state index in [-0.39, 0.29) is 6.61 Å². The van der Waals surface area contributed by atoms with Gasteiger partial charge in [-0.05, 0) is 49.9 Å². The van der Waals surface area contributed by atoms with Gasteiger partial charge in [0, 0.05) is 29.2 Å². The molecule has 2 rings (SSSR count). The molecule has 1 aliphatic heterocycles. The predicted octanol–water partition coefficient (Wildman–Crippen LogP) is 3.73. The Morgan fingerprint density at radius 1 is 1.33 bits per heavy atom. The van der Waals surface area contributed by atoms with Gasteiger partial charge in [-0.1, -0.05) is 29.3 Å². The summed E-state index contributed by atoms with van der Waals surface area (Å²) in [6, 6.07) is 6.29. The fourth-order valence-corrected chi connectivity index (χ4v) is 3.09. The van der Waals surface area contributed by atoms with E-state index >= 15 is 0 Å². The van der Waals surface area contributed by atoms with E-state index in [0.717, 1.165) is 36.5 Å². The summed E-state index contributed by atoms with van der Waals surface area (Å²) < 4.78 is 0. The molecule has 1 atom stereocenters. The van der Waals surface area contributed by atoms with E-state index in [1.54, 1.807) is 6.07 Å². The first-order valence-electron chi connectivity index (χ1n) is 6.49. The van der Waals surface area contributed by atoms with E-state index in [2.05, 4.69) is 4.90 Å². The van der Waals surface area contributed by atoms with E-state index in [0.29, 0.717) is 11.1 Å². The number of aliphatic hydroxyl groups is 1. The number of aliphatic hydroxyl groups excluding tert-OH is 1. The number of hydrogen-bond donors (Lipinski definition) is 1. The van der Waals surface area contributed by atoms with E-state index in [9.17, 15) is 0 Å². The SMILES string of the molecule is OCCCC1CCCN1Cc1ccc(Cl)cc1Cl. The Morgan fingerprint density at radius 2 is 2.17 bits per heavy atom. The van der Waals surface area contributed by atoms with Gasteiger partial charge in [-0.2, -0.15) is 0 Å². The van der Waals surface area contributed by atoms with Crippen molar-refractivity contribution in [3.8, 4) is 0 Å². The Kier molecular flexibility index (Phi) is 5.31. The van der Waals surface area contributed by atoms with Crippen LogP contribution in [0.5, 0.6) is 0 Å². The molecule has 1 aromatic rings. The molecule has 1 fully saturated rings. The maximum Gasteiger partial charge on any atom is 0.0465 e. The highest BCUT2D eigenvalue weighted by Crippen LogP contribution is 2.27. The quantitative estimate of drug-likeness (QED) is 0.892. The number of halogens is 2. The Balaban J connectivity index is 1.99. The normalized spacial score (nSPS) is 20.5. The summed E-state index contributed by atoms with van der Waals surface area (Å²) in [4.78, 5) is 2.46. The van der Waals surface area contributed by atoms with Crippen LogP contribution in [0.4, 0.5) is 0 Å². The van der Waals surface area contributed by atoms with E-state index in [1.807, 2.05) is 12.1 Å². The largest absolute Gasteiger partial charge is 0.396 e. The van der Waals surface area contributed by atoms with Crippen LogP contribution >= 0.6 is 23.2 Å². The van der Waals surface area contributed by atoms with Crippen molar-refractivity contribution in [1.82, 2.24) is 4.90 Å². The average Bonchev–Trinajstić information content (AvgIpc) is 2.77. The van der Waals surface area contributed by atoms with Crippen LogP contribution in [-0.4, -0.2) is 29.2 Å². The van der Waals surface area contributed by atoms with Crippen LogP contribution in [0.2, 0.25) is 10.0 Å². The van der Waals surface area contributed by atoms with Gasteiger partial charge in [0.25, 0.3) is 0 Å². The second kappa shape index (κ2) is 6.76. The third-order valence-corrected chi connectivity index (χ3v) is 4.17. The zero-order valence-corrected chi connectivity index (χ0v) is 11.9. The molecule has 0 aliphatic carbocycles. The smallest absolute Gasteiger partial charge is 0.0465 e. The summed E-state index contributed by atoms with van der Waals surface area (Å²) >= 11 is 12.1. The van der Waals surface area contributed by atoms with Crippen molar-refractivity contribution in [2.45, 2.75) is 38.3 Å². The highest BCUT2D eigenvalue weighted by molar-refractivity contribution is 6.35. The Morgan fingerprint density at radius 3 is 2.89 bits per heavy atom. The summed E-state index contributed by atoms with van der Waals surface area (Å²) in [6.07, 6.45) is 4.42. The van der Waals surface area contributed by atoms with Crippen LogP contribution in [-0.2, 0) is 6.54 Å². The Hall–Kier alpha value is -0.280. The van der Waals surface area contributed by atoms with Crippen molar-refractivity contribution in [2.24, 2.45) is 0 Å². The number of nitrogens with zero attached hydrogens (tertiary/aromatic N) is 1. The monoisotopic (exact) mass is 287 g/mol. The highest BCUT2D eigenvalue weighted by atomic mass is 35.5. The third kappa shape index (κ3) is 3.61. The van der Waals surface area contributed by atoms with Crippen molar-refractivity contribution in [2.75, 3.05) is 13.2 Å². The molecule has 1 heterocycles. The molecule has 2 nitrogen and oxygen atoms in total. The van der Waals surface area contributed by atoms with Gasteiger partial charge in [-0.3, -0.25) is 4.90 Å². The molecule has 0 bridgehead atoms. The third-order valence-electron chi connectivity index (χ3n) is 3.58. The Bertz CT molecular complexity index is 397. The summed E-state index contributed by atoms with van der Waals surface area (Å²) in [5.41, 5.74) is 1.14. The first-order valence-corrected chi connectivity index (χ1v) is 7.25. The lowest BCUT2D eigenvalue weighted by molar-refractivity contribution is 0.210. The molecular formula is C14H19Cl2NO. The van der Waals surface area contributed by atoms with Crippen molar-refractivity contribution in [3.05, 3.63) is 33.8 Å². The van der Waals surface area contributed by atoms with Crippen molar-refractivity contribution in [1.29, 1.82) is 0 Å². The molecule has 1 aliphatic rings. The average molecular weight is 288 g/mol. The van der Waals surface area contributed by atoms with E-state index in [4.69, 9.17) is 28.3 Å². The molecule has 1 saturated heterocycles. The minimum Gasteiger partial charge on any atom is -0.396 e. The fraction of sp³-hybridized carbons (Fsp3) is 0.571. The topological polar surface area (TPSA) is 23.5 Å². The number of rotatable bonds is 5. The van der Waals surface area contributed by atoms with E-state index in [1.165, 1.54) is 12.8 Å². The molecule has 0 aromatic heterocycles. The molecule has 100 valence electrons. The van der Waals surface area contributed by atoms with Gasteiger partial charge in [-0.25, -0.2) is 0 Å². The first kappa shape index (κ1) is 14.1. The maximum atomic E-state index is 8.92. The lowest BCUT2D eigenvalue weighted by atomic mass is 10.1. The van der Waals surface area contributed by atoms with Gasteiger partial charge in [0.1, 0.15) is 0 Å². The van der Waals surface area contributed by atoms with Gasteiger partial charge >= 0.3 is 0 Å². The summed E-state index contributed by atoms with van der Waals surface area (Å²) in [5, 5.41) is 10.4. The second-order valence-electron chi connectivity index (χ2n) is 4.87. The van der Waals surface area contributed by atoms with Gasteiger partial charge in [0.05, 0.1) is 0 Å². The molecular weight excluding hydrogens is 269 g/mol. The standard InChI is InChI=1S/C14H19Cl2NO/c15-12-6-5-11(14(16)9-12)10-17-7-1-3-13(17)4-2-8-18/h5-6,9,13,18H,1-4,7-8,10H2. The van der Waals surface area contributed by atoms with Gasteiger partial charge in [0.2, 0.25) is 0 Å². The molecule has 0 spiro atoms. The van der Waals surface area contributed by atoms with Crippen LogP contribution in [0.3, 0.4) is 0 Å². The zero-order chi connectivity index (χ0) is 13.0. The summed E-state index contributed by atoms with van der Waals surface area (Å²) in [6.45, 7) is 2.28. The van der Waals surface area contributed by atoms with Gasteiger partial charge in [-0.15, -0.1) is 0 Å². The molecule has 0 saturated carbocycles. The molecule has 1 aromatic carbocycles. The zero-order valence-electron chi connectivity index (χ0n) is 10.4. The van der Waals surface area contributed by atoms with Crippen molar-refractivity contribution >= 4 is 23.2 Å². The predicted molar refractivity (Wildman–Crippen MR) is 76.2 cm³/mol. The van der Waals surface area contributed by atoms with Crippen LogP contribution in [0.1, 0.15) is 31.2 Å². The van der Waals surface area contributed by atoms with Crippen LogP contribution in [0.25, 0.3) is 0 Å². The minimum atomic E-state index is 0.284. The van der Waals surface area contributed by atoms with Crippen molar-refractivity contribution < 1.29 is 5.11 Å². The first-order chi connectivity index (χ1) is 8.70. The fourth-order valence-electron chi connectivity index (χ4n) is 2.63. The number of benzene rings is 1. The van der Waals surface area contributed by atoms with Gasteiger partial charge in [0.15, 0.2) is 0 Å². The Labute approximate surface area is 119 Å². The number of likely N-dealkylation sites (tertiary alicyclic amines) is 1. The number of hydrogen-bond acceptors (Lipinski definition) is 2. The molecule has 18 heavy (non-hydrogen) atoms. The second-order valence-corrected chi connectivity index (χ2v) is 5.71. The molecule has 0 radical (unpaired) electrons. The maximum absolute atomic E-state index is 8.92. The summed E-state index contributed by atoms with van der Waals surface area (Å²) in [7, 11) is 0.